The molecule has 1 aliphatic heterocycles. The summed E-state index contributed by atoms with van der Waals surface area (Å²) in [5, 5.41) is 0. The molecule has 3 nitrogen and oxygen atoms in total. The maximum atomic E-state index is 13.5. The largest absolute Gasteiger partial charge is 0.493 e. The molecular formula is C11H10F2O3. The van der Waals surface area contributed by atoms with Crippen molar-refractivity contribution in [3.8, 4) is 5.75 Å². The van der Waals surface area contributed by atoms with E-state index in [2.05, 4.69) is 0 Å². The summed E-state index contributed by atoms with van der Waals surface area (Å²) in [4.78, 5) is 10.8. The summed E-state index contributed by atoms with van der Waals surface area (Å²) in [6, 6.07) is 1.85. The molecule has 0 radical (unpaired) electrons. The first-order valence-electron chi connectivity index (χ1n) is 4.87. The zero-order valence-electron chi connectivity index (χ0n) is 8.63. The van der Waals surface area contributed by atoms with Crippen LogP contribution in [0.2, 0.25) is 0 Å². The lowest BCUT2D eigenvalue weighted by Crippen LogP contribution is -2.20. The Hall–Kier alpha value is -1.65. The summed E-state index contributed by atoms with van der Waals surface area (Å²) in [5.41, 5.74) is 0.114. The van der Waals surface area contributed by atoms with Crippen molar-refractivity contribution >= 4 is 5.97 Å². The van der Waals surface area contributed by atoms with Crippen molar-refractivity contribution in [3.63, 3.8) is 0 Å². The van der Waals surface area contributed by atoms with E-state index in [1.54, 1.807) is 0 Å². The molecule has 1 atom stereocenters. The molecule has 0 bridgehead atoms. The van der Waals surface area contributed by atoms with E-state index in [9.17, 15) is 13.6 Å². The number of hydrogen-bond donors (Lipinski definition) is 0. The van der Waals surface area contributed by atoms with Crippen molar-refractivity contribution in [2.45, 2.75) is 19.4 Å². The molecule has 1 aromatic carbocycles. The standard InChI is InChI=1S/C11H10F2O3/c1-6(14)16-9-2-3-15-10-5-7(12)4-8(13)11(9)10/h4-5,9H,2-3H2,1H3/t9-/m1/s1. The van der Waals surface area contributed by atoms with E-state index in [-0.39, 0.29) is 17.9 Å². The number of ether oxygens (including phenoxy) is 2. The molecule has 1 heterocycles. The van der Waals surface area contributed by atoms with Gasteiger partial charge in [0.05, 0.1) is 12.2 Å². The Morgan fingerprint density at radius 3 is 2.94 bits per heavy atom. The van der Waals surface area contributed by atoms with Crippen LogP contribution in [0.1, 0.15) is 25.0 Å². The minimum Gasteiger partial charge on any atom is -0.493 e. The maximum absolute atomic E-state index is 13.5. The van der Waals surface area contributed by atoms with E-state index in [1.165, 1.54) is 6.92 Å². The molecule has 0 fully saturated rings. The first kappa shape index (κ1) is 10.9. The molecule has 0 aromatic heterocycles. The second-order valence-corrected chi connectivity index (χ2v) is 3.53. The normalized spacial score (nSPS) is 18.6. The van der Waals surface area contributed by atoms with Gasteiger partial charge in [-0.25, -0.2) is 8.78 Å². The zero-order chi connectivity index (χ0) is 11.7. The molecule has 1 aromatic rings. The second kappa shape index (κ2) is 4.08. The van der Waals surface area contributed by atoms with Gasteiger partial charge in [-0.05, 0) is 0 Å². The summed E-state index contributed by atoms with van der Waals surface area (Å²) in [6.45, 7) is 1.52. The first-order chi connectivity index (χ1) is 7.58. The number of esters is 1. The number of halogens is 2. The predicted molar refractivity (Wildman–Crippen MR) is 51.0 cm³/mol. The van der Waals surface area contributed by atoms with Crippen molar-refractivity contribution < 1.29 is 23.0 Å². The van der Waals surface area contributed by atoms with Gasteiger partial charge >= 0.3 is 5.97 Å². The highest BCUT2D eigenvalue weighted by atomic mass is 19.1. The van der Waals surface area contributed by atoms with Gasteiger partial charge in [0, 0.05) is 25.5 Å². The Kier molecular flexibility index (Phi) is 2.77. The van der Waals surface area contributed by atoms with Gasteiger partial charge in [0.2, 0.25) is 0 Å². The average Bonchev–Trinajstić information content (AvgIpc) is 2.15. The molecule has 5 heteroatoms. The number of fused-ring (bicyclic) bond motifs is 1. The SMILES string of the molecule is CC(=O)O[C@@H]1CCOc2cc(F)cc(F)c21. The van der Waals surface area contributed by atoms with E-state index < -0.39 is 23.7 Å². The highest BCUT2D eigenvalue weighted by molar-refractivity contribution is 5.66. The van der Waals surface area contributed by atoms with Crippen molar-refractivity contribution in [1.82, 2.24) is 0 Å². The molecule has 0 N–H and O–H groups in total. The fraction of sp³-hybridized carbons (Fsp3) is 0.364. The Labute approximate surface area is 91.0 Å². The number of benzene rings is 1. The van der Waals surface area contributed by atoms with Gasteiger partial charge in [-0.3, -0.25) is 4.79 Å². The molecule has 0 spiro atoms. The second-order valence-electron chi connectivity index (χ2n) is 3.53. The lowest BCUT2D eigenvalue weighted by Gasteiger charge is -2.25. The highest BCUT2D eigenvalue weighted by Crippen LogP contribution is 2.36. The van der Waals surface area contributed by atoms with Crippen LogP contribution in [-0.4, -0.2) is 12.6 Å². The Balaban J connectivity index is 2.41. The molecule has 2 rings (SSSR count). The fourth-order valence-corrected chi connectivity index (χ4v) is 1.73. The van der Waals surface area contributed by atoms with Gasteiger partial charge in [0.25, 0.3) is 0 Å². The van der Waals surface area contributed by atoms with E-state index >= 15 is 0 Å². The van der Waals surface area contributed by atoms with Crippen LogP contribution in [0.3, 0.4) is 0 Å². The van der Waals surface area contributed by atoms with Crippen molar-refractivity contribution in [2.75, 3.05) is 6.61 Å². The van der Waals surface area contributed by atoms with E-state index in [4.69, 9.17) is 9.47 Å². The first-order valence-corrected chi connectivity index (χ1v) is 4.87. The van der Waals surface area contributed by atoms with Gasteiger partial charge in [0.15, 0.2) is 0 Å². The van der Waals surface area contributed by atoms with Crippen LogP contribution in [0.25, 0.3) is 0 Å². The van der Waals surface area contributed by atoms with Crippen LogP contribution < -0.4 is 4.74 Å². The summed E-state index contributed by atoms with van der Waals surface area (Å²) >= 11 is 0. The van der Waals surface area contributed by atoms with Crippen LogP contribution in [-0.2, 0) is 9.53 Å². The minimum atomic E-state index is -0.749. The lowest BCUT2D eigenvalue weighted by atomic mass is 10.0. The van der Waals surface area contributed by atoms with E-state index in [0.29, 0.717) is 6.42 Å². The quantitative estimate of drug-likeness (QED) is 0.692. The van der Waals surface area contributed by atoms with Crippen molar-refractivity contribution in [1.29, 1.82) is 0 Å². The van der Waals surface area contributed by atoms with Gasteiger partial charge in [-0.2, -0.15) is 0 Å². The van der Waals surface area contributed by atoms with Crippen LogP contribution in [0.4, 0.5) is 8.78 Å². The van der Waals surface area contributed by atoms with E-state index in [0.717, 1.165) is 12.1 Å². The zero-order valence-corrected chi connectivity index (χ0v) is 8.63. The van der Waals surface area contributed by atoms with Crippen LogP contribution in [0.5, 0.6) is 5.75 Å². The van der Waals surface area contributed by atoms with Crippen LogP contribution in [0.15, 0.2) is 12.1 Å². The summed E-state index contributed by atoms with van der Waals surface area (Å²) in [6.07, 6.45) is -0.323. The third kappa shape index (κ3) is 1.98. The Morgan fingerprint density at radius 2 is 2.25 bits per heavy atom. The Morgan fingerprint density at radius 1 is 1.50 bits per heavy atom. The van der Waals surface area contributed by atoms with Gasteiger partial charge in [0.1, 0.15) is 23.5 Å². The molecule has 0 amide bonds. The predicted octanol–water partition coefficient (Wildman–Crippen LogP) is 2.35. The van der Waals surface area contributed by atoms with Crippen molar-refractivity contribution in [2.24, 2.45) is 0 Å². The molecule has 16 heavy (non-hydrogen) atoms. The summed E-state index contributed by atoms with van der Waals surface area (Å²) in [5.74, 6) is -1.85. The third-order valence-electron chi connectivity index (χ3n) is 2.32. The summed E-state index contributed by atoms with van der Waals surface area (Å²) in [7, 11) is 0. The highest BCUT2D eigenvalue weighted by Gasteiger charge is 2.28. The van der Waals surface area contributed by atoms with E-state index in [1.807, 2.05) is 0 Å². The molecule has 0 aliphatic carbocycles. The smallest absolute Gasteiger partial charge is 0.303 e. The number of carbonyl (C=O) groups is 1. The number of carbonyl (C=O) groups excluding carboxylic acids is 1. The van der Waals surface area contributed by atoms with Crippen LogP contribution in [0, 0.1) is 11.6 Å². The number of hydrogen-bond acceptors (Lipinski definition) is 3. The fourth-order valence-electron chi connectivity index (χ4n) is 1.73. The number of rotatable bonds is 1. The molecule has 86 valence electrons. The lowest BCUT2D eigenvalue weighted by molar-refractivity contribution is -0.148. The molecular weight excluding hydrogens is 218 g/mol. The van der Waals surface area contributed by atoms with Gasteiger partial charge < -0.3 is 9.47 Å². The van der Waals surface area contributed by atoms with Crippen LogP contribution >= 0.6 is 0 Å². The van der Waals surface area contributed by atoms with Gasteiger partial charge in [-0.1, -0.05) is 0 Å². The van der Waals surface area contributed by atoms with Crippen molar-refractivity contribution in [3.05, 3.63) is 29.3 Å². The minimum absolute atomic E-state index is 0.106. The average molecular weight is 228 g/mol. The monoisotopic (exact) mass is 228 g/mol. The van der Waals surface area contributed by atoms with Gasteiger partial charge in [-0.15, -0.1) is 0 Å². The summed E-state index contributed by atoms with van der Waals surface area (Å²) < 4.78 is 36.5. The maximum Gasteiger partial charge on any atom is 0.303 e. The molecule has 0 unspecified atom stereocenters. The Bertz CT molecular complexity index is 431. The topological polar surface area (TPSA) is 35.5 Å². The molecule has 0 saturated heterocycles. The molecule has 0 saturated carbocycles. The molecule has 1 aliphatic rings. The third-order valence-corrected chi connectivity index (χ3v) is 2.32.